The van der Waals surface area contributed by atoms with Crippen LogP contribution in [0.25, 0.3) is 0 Å². The van der Waals surface area contributed by atoms with Gasteiger partial charge in [-0.3, -0.25) is 9.79 Å². The van der Waals surface area contributed by atoms with Crippen LogP contribution < -0.4 is 11.1 Å². The van der Waals surface area contributed by atoms with E-state index in [1.807, 2.05) is 21.6 Å². The first-order chi connectivity index (χ1) is 20.9. The number of benzene rings is 1. The van der Waals surface area contributed by atoms with Crippen LogP contribution in [-0.2, 0) is 4.79 Å². The molecule has 0 radical (unpaired) electrons. The number of nitrogens with one attached hydrogen (secondary N) is 1. The second-order valence-corrected chi connectivity index (χ2v) is 17.2. The quantitative estimate of drug-likeness (QED) is 0.312. The molecule has 1 aromatic rings. The van der Waals surface area contributed by atoms with Crippen LogP contribution in [0.1, 0.15) is 82.6 Å². The average Bonchev–Trinajstić information content (AvgIpc) is 3.35. The van der Waals surface area contributed by atoms with Crippen molar-refractivity contribution in [2.24, 2.45) is 51.1 Å². The second-order valence-electron chi connectivity index (χ2n) is 14.7. The first-order valence-corrected chi connectivity index (χ1v) is 19.2. The Hall–Kier alpha value is -1.48. The standard InChI is InChI=1S/C35H49N3O3S2/c1-33-13-15-42-43-21-35-24(9-11-26(22-6-3-2-4-7-22)30(35)19-37-32(36)38-35)10-12-27-29-17-25(33)16-23(20-40)28(8-5-14-39)34(29,33)18-31(27)41/h2-4,6-7,23-26,28,30,39-40H,5,8-21H2,1H3,(H3,36,37,38)/t23-,24-,25-,26-,28-,30-,33+,34+,35+/m1/s1. The molecule has 5 bridgehead atoms. The third-order valence-corrected chi connectivity index (χ3v) is 15.8. The molecular weight excluding hydrogens is 575 g/mol. The van der Waals surface area contributed by atoms with Crippen molar-refractivity contribution >= 4 is 33.3 Å². The number of nitrogens with zero attached hydrogens (tertiary/aromatic N) is 1. The van der Waals surface area contributed by atoms with E-state index >= 15 is 0 Å². The maximum Gasteiger partial charge on any atom is 0.189 e. The molecule has 6 aliphatic rings. The molecule has 2 heterocycles. The van der Waals surface area contributed by atoms with Gasteiger partial charge in [-0.15, -0.1) is 0 Å². The molecule has 7 rings (SSSR count). The number of aliphatic imine (C=N–C) groups is 1. The van der Waals surface area contributed by atoms with Gasteiger partial charge in [-0.25, -0.2) is 0 Å². The zero-order valence-corrected chi connectivity index (χ0v) is 27.2. The Labute approximate surface area is 264 Å². The Morgan fingerprint density at radius 3 is 2.74 bits per heavy atom. The molecule has 2 aliphatic heterocycles. The lowest BCUT2D eigenvalue weighted by Gasteiger charge is -2.57. The number of ketones is 1. The van der Waals surface area contributed by atoms with E-state index in [9.17, 15) is 15.0 Å². The fourth-order valence-corrected chi connectivity index (χ4v) is 14.2. The van der Waals surface area contributed by atoms with E-state index in [2.05, 4.69) is 42.6 Å². The lowest BCUT2D eigenvalue weighted by molar-refractivity contribution is -0.125. The highest BCUT2D eigenvalue weighted by Crippen LogP contribution is 2.75. The van der Waals surface area contributed by atoms with E-state index in [0.29, 0.717) is 41.8 Å². The van der Waals surface area contributed by atoms with E-state index in [-0.39, 0.29) is 41.4 Å². The van der Waals surface area contributed by atoms with Gasteiger partial charge < -0.3 is 21.3 Å². The molecule has 9 atom stereocenters. The molecule has 0 unspecified atom stereocenters. The van der Waals surface area contributed by atoms with Crippen molar-refractivity contribution in [1.29, 1.82) is 0 Å². The lowest BCUT2D eigenvalue weighted by Crippen LogP contribution is -2.68. The molecule has 0 saturated heterocycles. The predicted molar refractivity (Wildman–Crippen MR) is 177 cm³/mol. The topological polar surface area (TPSA) is 108 Å². The van der Waals surface area contributed by atoms with Gasteiger partial charge in [0.05, 0.1) is 5.54 Å². The van der Waals surface area contributed by atoms with Crippen LogP contribution in [-0.4, -0.2) is 58.8 Å². The average molecular weight is 624 g/mol. The van der Waals surface area contributed by atoms with Crippen LogP contribution >= 0.6 is 21.6 Å². The van der Waals surface area contributed by atoms with Crippen molar-refractivity contribution in [2.75, 3.05) is 31.3 Å². The summed E-state index contributed by atoms with van der Waals surface area (Å²) >= 11 is 0. The molecule has 6 nitrogen and oxygen atoms in total. The lowest BCUT2D eigenvalue weighted by atomic mass is 9.47. The van der Waals surface area contributed by atoms with Crippen LogP contribution in [0, 0.1) is 40.4 Å². The Balaban J connectivity index is 1.28. The first kappa shape index (κ1) is 30.2. The predicted octanol–water partition coefficient (Wildman–Crippen LogP) is 5.70. The van der Waals surface area contributed by atoms with Gasteiger partial charge in [-0.2, -0.15) is 0 Å². The van der Waals surface area contributed by atoms with Gasteiger partial charge in [0.1, 0.15) is 0 Å². The highest BCUT2D eigenvalue weighted by molar-refractivity contribution is 8.76. The Kier molecular flexibility index (Phi) is 8.22. The monoisotopic (exact) mass is 623 g/mol. The number of Topliss-reactive ketones (excluding diaryl/α,β-unsaturated/α-hetero) is 1. The Bertz CT molecular complexity index is 1290. The Morgan fingerprint density at radius 2 is 1.95 bits per heavy atom. The zero-order valence-electron chi connectivity index (χ0n) is 25.6. The minimum Gasteiger partial charge on any atom is -0.396 e. The largest absolute Gasteiger partial charge is 0.396 e. The van der Waals surface area contributed by atoms with Gasteiger partial charge in [0.2, 0.25) is 0 Å². The third kappa shape index (κ3) is 4.58. The van der Waals surface area contributed by atoms with Gasteiger partial charge in [-0.05, 0) is 104 Å². The van der Waals surface area contributed by atoms with Gasteiger partial charge in [0, 0.05) is 49.0 Å². The zero-order chi connectivity index (χ0) is 29.8. The molecule has 0 amide bonds. The van der Waals surface area contributed by atoms with Crippen molar-refractivity contribution in [2.45, 2.75) is 82.6 Å². The molecule has 8 heteroatoms. The summed E-state index contributed by atoms with van der Waals surface area (Å²) < 4.78 is 0. The van der Waals surface area contributed by atoms with Gasteiger partial charge in [-0.1, -0.05) is 64.4 Å². The molecule has 0 aromatic heterocycles. The van der Waals surface area contributed by atoms with E-state index in [4.69, 9.17) is 10.7 Å². The first-order valence-electron chi connectivity index (χ1n) is 16.7. The number of carbonyl (C=O) groups is 1. The summed E-state index contributed by atoms with van der Waals surface area (Å²) in [5, 5.41) is 24.2. The number of hydrogen-bond acceptors (Lipinski definition) is 8. The molecule has 1 aromatic carbocycles. The summed E-state index contributed by atoms with van der Waals surface area (Å²) in [5.74, 6) is 5.22. The fraction of sp³-hybridized carbons (Fsp3) is 0.714. The summed E-state index contributed by atoms with van der Waals surface area (Å²) in [6.45, 7) is 3.61. The van der Waals surface area contributed by atoms with E-state index in [1.165, 1.54) is 11.1 Å². The van der Waals surface area contributed by atoms with Crippen LogP contribution in [0.2, 0.25) is 0 Å². The number of aliphatic hydroxyl groups is 2. The number of guanidine groups is 1. The van der Waals surface area contributed by atoms with Crippen LogP contribution in [0.15, 0.2) is 46.5 Å². The SMILES string of the molecule is C[C@]12CCSSC[C@@]34NC(N)=NC[C@@H]3[C@@H](c3ccccc3)CC[C@@H]4CCC3=C4C[C@H]1C[C@H](CO)[C@@H](CCCO)[C@@]42CC3=O. The van der Waals surface area contributed by atoms with Gasteiger partial charge >= 0.3 is 0 Å². The van der Waals surface area contributed by atoms with E-state index in [1.54, 1.807) is 0 Å². The number of allylic oxidation sites excluding steroid dienone is 2. The normalized spacial score (nSPS) is 42.6. The number of hydrogen-bond donors (Lipinski definition) is 4. The summed E-state index contributed by atoms with van der Waals surface area (Å²) in [6, 6.07) is 11.0. The molecule has 234 valence electrons. The maximum absolute atomic E-state index is 14.2. The number of nitrogens with two attached hydrogens (primary N) is 1. The van der Waals surface area contributed by atoms with Crippen molar-refractivity contribution in [3.63, 3.8) is 0 Å². The Morgan fingerprint density at radius 1 is 1.12 bits per heavy atom. The van der Waals surface area contributed by atoms with Crippen LogP contribution in [0.3, 0.4) is 0 Å². The molecular formula is C35H49N3O3S2. The van der Waals surface area contributed by atoms with E-state index < -0.39 is 0 Å². The van der Waals surface area contributed by atoms with Crippen molar-refractivity contribution in [1.82, 2.24) is 5.32 Å². The van der Waals surface area contributed by atoms with Crippen molar-refractivity contribution in [3.8, 4) is 0 Å². The molecule has 2 spiro atoms. The molecule has 43 heavy (non-hydrogen) atoms. The summed E-state index contributed by atoms with van der Waals surface area (Å²) in [7, 11) is 4.03. The summed E-state index contributed by atoms with van der Waals surface area (Å²) in [5.41, 5.74) is 10.2. The smallest absolute Gasteiger partial charge is 0.189 e. The van der Waals surface area contributed by atoms with E-state index in [0.717, 1.165) is 81.4 Å². The minimum absolute atomic E-state index is 0.0549. The summed E-state index contributed by atoms with van der Waals surface area (Å²) in [4.78, 5) is 18.9. The van der Waals surface area contributed by atoms with Crippen LogP contribution in [0.4, 0.5) is 0 Å². The van der Waals surface area contributed by atoms with Gasteiger partial charge in [0.15, 0.2) is 11.7 Å². The highest BCUT2D eigenvalue weighted by atomic mass is 33.1. The van der Waals surface area contributed by atoms with Crippen LogP contribution in [0.5, 0.6) is 0 Å². The van der Waals surface area contributed by atoms with Crippen molar-refractivity contribution < 1.29 is 15.0 Å². The molecule has 3 fully saturated rings. The highest BCUT2D eigenvalue weighted by Gasteiger charge is 2.69. The number of rotatable bonds is 5. The number of aliphatic hydroxyl groups excluding tert-OH is 2. The minimum atomic E-state index is -0.157. The molecule has 5 N–H and O–H groups in total. The fourth-order valence-electron chi connectivity index (χ4n) is 11.4. The molecule has 3 saturated carbocycles. The third-order valence-electron chi connectivity index (χ3n) is 13.3. The maximum atomic E-state index is 14.2. The number of carbonyl (C=O) groups excluding carboxylic acids is 1. The van der Waals surface area contributed by atoms with Gasteiger partial charge in [0.25, 0.3) is 0 Å². The second kappa shape index (κ2) is 11.7. The molecule has 4 aliphatic carbocycles. The summed E-state index contributed by atoms with van der Waals surface area (Å²) in [6.07, 6.45) is 9.52. The van der Waals surface area contributed by atoms with Crippen molar-refractivity contribution in [3.05, 3.63) is 47.0 Å².